The first-order valence-electron chi connectivity index (χ1n) is 10.8. The van der Waals surface area contributed by atoms with Crippen LogP contribution in [-0.4, -0.2) is 35.1 Å². The molecule has 2 atom stereocenters. The molecular formula is C24H20F2N6S. The molecule has 166 valence electrons. The number of nitrogens with one attached hydrogen (secondary N) is 1. The summed E-state index contributed by atoms with van der Waals surface area (Å²) in [5, 5.41) is 14.4. The average molecular weight is 463 g/mol. The van der Waals surface area contributed by atoms with Gasteiger partial charge in [-0.15, -0.1) is 11.3 Å². The summed E-state index contributed by atoms with van der Waals surface area (Å²) in [6, 6.07) is 9.15. The largest absolute Gasteiger partial charge is 0.389 e. The molecule has 4 aromatic rings. The SMILES string of the molecule is Cc1nc(N2CC3CCC(C2)N3)c2ccc(-c3ccc(F)c4sc(N)c(C#N)c34)c(F)c2n1. The second-order valence-corrected chi connectivity index (χ2v) is 9.76. The van der Waals surface area contributed by atoms with Gasteiger partial charge in [0.2, 0.25) is 0 Å². The van der Waals surface area contributed by atoms with E-state index in [1.807, 2.05) is 12.1 Å². The van der Waals surface area contributed by atoms with Gasteiger partial charge in [0.05, 0.1) is 10.3 Å². The molecule has 33 heavy (non-hydrogen) atoms. The van der Waals surface area contributed by atoms with E-state index < -0.39 is 11.6 Å². The minimum atomic E-state index is -0.515. The standard InChI is InChI=1S/C24H20F2N6S/c1-11-29-21-16(24(30-11)32-9-12-2-3-13(10-32)31-12)5-4-15(20(21)26)14-6-7-18(25)22-19(14)17(8-27)23(28)33-22/h4-7,12-13,31H,2-3,9-10,28H2,1H3. The molecule has 0 saturated carbocycles. The van der Waals surface area contributed by atoms with Gasteiger partial charge in [-0.25, -0.2) is 18.7 Å². The van der Waals surface area contributed by atoms with Crippen LogP contribution in [0.1, 0.15) is 24.2 Å². The molecule has 0 amide bonds. The molecule has 2 fully saturated rings. The second-order valence-electron chi connectivity index (χ2n) is 8.71. The van der Waals surface area contributed by atoms with Gasteiger partial charge in [0.25, 0.3) is 0 Å². The van der Waals surface area contributed by atoms with Gasteiger partial charge < -0.3 is 16.0 Å². The first-order chi connectivity index (χ1) is 15.9. The number of nitrogens with two attached hydrogens (primary N) is 1. The fraction of sp³-hybridized carbons (Fsp3) is 0.292. The van der Waals surface area contributed by atoms with Gasteiger partial charge in [-0.1, -0.05) is 12.1 Å². The Labute approximate surface area is 192 Å². The molecule has 0 radical (unpaired) electrons. The first kappa shape index (κ1) is 20.3. The average Bonchev–Trinajstić information content (AvgIpc) is 3.32. The highest BCUT2D eigenvalue weighted by Crippen LogP contribution is 2.43. The normalized spacial score (nSPS) is 20.0. The zero-order valence-electron chi connectivity index (χ0n) is 17.8. The number of nitrogen functional groups attached to an aromatic ring is 1. The summed E-state index contributed by atoms with van der Waals surface area (Å²) >= 11 is 0.998. The van der Waals surface area contributed by atoms with Gasteiger partial charge >= 0.3 is 0 Å². The number of benzene rings is 2. The van der Waals surface area contributed by atoms with Crippen LogP contribution in [0.2, 0.25) is 0 Å². The van der Waals surface area contributed by atoms with Crippen LogP contribution in [0, 0.1) is 29.9 Å². The van der Waals surface area contributed by atoms with Crippen molar-refractivity contribution in [3.8, 4) is 17.2 Å². The molecule has 2 bridgehead atoms. The zero-order valence-corrected chi connectivity index (χ0v) is 18.6. The minimum absolute atomic E-state index is 0.167. The van der Waals surface area contributed by atoms with Gasteiger partial charge in [-0.05, 0) is 37.5 Å². The summed E-state index contributed by atoms with van der Waals surface area (Å²) < 4.78 is 30.7. The van der Waals surface area contributed by atoms with Crippen LogP contribution in [0.15, 0.2) is 24.3 Å². The lowest BCUT2D eigenvalue weighted by atomic mass is 9.97. The highest BCUT2D eigenvalue weighted by atomic mass is 32.1. The predicted octanol–water partition coefficient (Wildman–Crippen LogP) is 4.49. The lowest BCUT2D eigenvalue weighted by Crippen LogP contribution is -2.51. The Hall–Kier alpha value is -3.35. The Kier molecular flexibility index (Phi) is 4.50. The molecule has 2 aliphatic heterocycles. The van der Waals surface area contributed by atoms with Crippen molar-refractivity contribution < 1.29 is 8.78 Å². The van der Waals surface area contributed by atoms with Crippen LogP contribution in [0.25, 0.3) is 32.1 Å². The maximum Gasteiger partial charge on any atom is 0.157 e. The fourth-order valence-electron chi connectivity index (χ4n) is 5.20. The molecule has 4 heterocycles. The summed E-state index contributed by atoms with van der Waals surface area (Å²) in [6.07, 6.45) is 2.26. The van der Waals surface area contributed by atoms with E-state index in [9.17, 15) is 9.65 Å². The maximum atomic E-state index is 16.0. The van der Waals surface area contributed by atoms with Crippen molar-refractivity contribution in [3.05, 3.63) is 47.3 Å². The van der Waals surface area contributed by atoms with Crippen molar-refractivity contribution in [2.24, 2.45) is 0 Å². The van der Waals surface area contributed by atoms with Crippen molar-refractivity contribution in [1.29, 1.82) is 5.26 Å². The summed E-state index contributed by atoms with van der Waals surface area (Å²) in [6.45, 7) is 3.41. The molecule has 2 saturated heterocycles. The van der Waals surface area contributed by atoms with Gasteiger partial charge in [0, 0.05) is 41.5 Å². The van der Waals surface area contributed by atoms with Crippen molar-refractivity contribution in [2.45, 2.75) is 31.8 Å². The monoisotopic (exact) mass is 462 g/mol. The predicted molar refractivity (Wildman–Crippen MR) is 126 cm³/mol. The summed E-state index contributed by atoms with van der Waals surface area (Å²) in [5.41, 5.74) is 7.03. The third kappa shape index (κ3) is 3.05. The number of hydrogen-bond acceptors (Lipinski definition) is 7. The molecule has 0 aliphatic carbocycles. The molecule has 6 rings (SSSR count). The lowest BCUT2D eigenvalue weighted by Gasteiger charge is -2.34. The molecule has 2 aromatic heterocycles. The van der Waals surface area contributed by atoms with Gasteiger partial charge in [0.15, 0.2) is 5.82 Å². The number of nitriles is 1. The van der Waals surface area contributed by atoms with Crippen LogP contribution in [-0.2, 0) is 0 Å². The van der Waals surface area contributed by atoms with Crippen molar-refractivity contribution in [3.63, 3.8) is 0 Å². The zero-order chi connectivity index (χ0) is 22.9. The molecular weight excluding hydrogens is 442 g/mol. The number of aromatic nitrogens is 2. The van der Waals surface area contributed by atoms with Gasteiger partial charge in [-0.2, -0.15) is 5.26 Å². The van der Waals surface area contributed by atoms with Gasteiger partial charge in [0.1, 0.15) is 34.0 Å². The summed E-state index contributed by atoms with van der Waals surface area (Å²) in [7, 11) is 0. The van der Waals surface area contributed by atoms with E-state index in [4.69, 9.17) is 5.73 Å². The third-order valence-electron chi connectivity index (χ3n) is 6.63. The summed E-state index contributed by atoms with van der Waals surface area (Å²) in [5.74, 6) is 0.227. The Bertz CT molecular complexity index is 1480. The number of halogens is 2. The maximum absolute atomic E-state index is 16.0. The smallest absolute Gasteiger partial charge is 0.157 e. The number of hydrogen-bond donors (Lipinski definition) is 2. The van der Waals surface area contributed by atoms with Gasteiger partial charge in [-0.3, -0.25) is 0 Å². The molecule has 6 nitrogen and oxygen atoms in total. The third-order valence-corrected chi connectivity index (χ3v) is 7.66. The Balaban J connectivity index is 1.56. The lowest BCUT2D eigenvalue weighted by molar-refractivity contribution is 0.464. The number of anilines is 2. The number of rotatable bonds is 2. The number of aryl methyl sites for hydroxylation is 1. The highest BCUT2D eigenvalue weighted by molar-refractivity contribution is 7.23. The molecule has 2 unspecified atom stereocenters. The number of fused-ring (bicyclic) bond motifs is 4. The van der Waals surface area contributed by atoms with Crippen molar-refractivity contribution >= 4 is 43.1 Å². The van der Waals surface area contributed by atoms with Crippen LogP contribution >= 0.6 is 11.3 Å². The highest BCUT2D eigenvalue weighted by Gasteiger charge is 2.34. The van der Waals surface area contributed by atoms with E-state index in [1.165, 1.54) is 12.1 Å². The topological polar surface area (TPSA) is 90.9 Å². The van der Waals surface area contributed by atoms with E-state index in [2.05, 4.69) is 20.2 Å². The van der Waals surface area contributed by atoms with E-state index in [1.54, 1.807) is 13.0 Å². The van der Waals surface area contributed by atoms with Crippen LogP contribution < -0.4 is 16.0 Å². The second kappa shape index (κ2) is 7.33. The molecule has 9 heteroatoms. The molecule has 2 aromatic carbocycles. The number of piperazine rings is 1. The van der Waals surface area contributed by atoms with Crippen LogP contribution in [0.4, 0.5) is 19.6 Å². The van der Waals surface area contributed by atoms with E-state index >= 15 is 4.39 Å². The quantitative estimate of drug-likeness (QED) is 0.456. The van der Waals surface area contributed by atoms with Crippen molar-refractivity contribution in [1.82, 2.24) is 15.3 Å². The Morgan fingerprint density at radius 3 is 2.58 bits per heavy atom. The molecule has 3 N–H and O–H groups in total. The van der Waals surface area contributed by atoms with Crippen LogP contribution in [0.5, 0.6) is 0 Å². The minimum Gasteiger partial charge on any atom is -0.389 e. The Morgan fingerprint density at radius 1 is 1.12 bits per heavy atom. The first-order valence-corrected chi connectivity index (χ1v) is 11.6. The van der Waals surface area contributed by atoms with E-state index in [-0.39, 0.29) is 26.3 Å². The number of thiophene rings is 1. The Morgan fingerprint density at radius 2 is 1.85 bits per heavy atom. The summed E-state index contributed by atoms with van der Waals surface area (Å²) in [4.78, 5) is 11.3. The number of nitrogens with zero attached hydrogens (tertiary/aromatic N) is 4. The fourth-order valence-corrected chi connectivity index (χ4v) is 6.15. The van der Waals surface area contributed by atoms with E-state index in [0.29, 0.717) is 34.2 Å². The van der Waals surface area contributed by atoms with E-state index in [0.717, 1.165) is 43.1 Å². The molecule has 0 spiro atoms. The van der Waals surface area contributed by atoms with Crippen molar-refractivity contribution in [2.75, 3.05) is 23.7 Å². The van der Waals surface area contributed by atoms with Crippen LogP contribution in [0.3, 0.4) is 0 Å². The molecule has 2 aliphatic rings.